The first-order valence-electron chi connectivity index (χ1n) is 6.28. The molecule has 0 radical (unpaired) electrons. The van der Waals surface area contributed by atoms with Gasteiger partial charge in [0.25, 0.3) is 0 Å². The van der Waals surface area contributed by atoms with Crippen LogP contribution in [0.2, 0.25) is 0 Å². The summed E-state index contributed by atoms with van der Waals surface area (Å²) in [6, 6.07) is 8.18. The summed E-state index contributed by atoms with van der Waals surface area (Å²) in [5.74, 6) is 0.216. The van der Waals surface area contributed by atoms with Crippen molar-refractivity contribution in [2.75, 3.05) is 7.11 Å². The van der Waals surface area contributed by atoms with Crippen LogP contribution in [0.15, 0.2) is 30.5 Å². The van der Waals surface area contributed by atoms with E-state index in [0.717, 1.165) is 18.2 Å². The van der Waals surface area contributed by atoms with Gasteiger partial charge in [-0.05, 0) is 30.9 Å². The molecule has 1 unspecified atom stereocenters. The molecule has 0 bridgehead atoms. The van der Waals surface area contributed by atoms with E-state index in [2.05, 4.69) is 17.1 Å². The second-order valence-corrected chi connectivity index (χ2v) is 4.67. The Morgan fingerprint density at radius 2 is 2.17 bits per heavy atom. The van der Waals surface area contributed by atoms with Crippen molar-refractivity contribution in [1.29, 1.82) is 0 Å². The smallest absolute Gasteiger partial charge is 0.120 e. The largest absolute Gasteiger partial charge is 0.382 e. The van der Waals surface area contributed by atoms with Gasteiger partial charge in [0.05, 0.1) is 6.10 Å². The minimum atomic E-state index is 0.156. The monoisotopic (exact) mass is 245 g/mol. The van der Waals surface area contributed by atoms with Gasteiger partial charge in [0, 0.05) is 30.6 Å². The molecule has 0 fully saturated rings. The van der Waals surface area contributed by atoms with Crippen molar-refractivity contribution < 1.29 is 9.53 Å². The van der Waals surface area contributed by atoms with Gasteiger partial charge in [0.1, 0.15) is 6.29 Å². The maximum absolute atomic E-state index is 10.9. The number of aromatic amines is 1. The van der Waals surface area contributed by atoms with E-state index in [1.165, 1.54) is 10.9 Å². The number of carbonyl (C=O) groups excluding carboxylic acids is 1. The summed E-state index contributed by atoms with van der Waals surface area (Å²) in [7, 11) is 1.71. The van der Waals surface area contributed by atoms with Gasteiger partial charge < -0.3 is 14.5 Å². The molecule has 0 aliphatic rings. The molecular weight excluding hydrogens is 226 g/mol. The molecule has 2 aromatic rings. The van der Waals surface area contributed by atoms with Crippen LogP contribution in [0.5, 0.6) is 0 Å². The van der Waals surface area contributed by atoms with Gasteiger partial charge in [-0.15, -0.1) is 0 Å². The molecule has 0 aliphatic carbocycles. The van der Waals surface area contributed by atoms with E-state index in [4.69, 9.17) is 4.74 Å². The lowest BCUT2D eigenvalue weighted by atomic mass is 9.91. The number of carbonyl (C=O) groups is 1. The number of ether oxygens (including phenoxy) is 1. The molecule has 0 saturated carbocycles. The standard InChI is InChI=1S/C15H19NO2/c1-11(18-2)9-12(7-8-17)14-10-16-15-6-4-3-5-13(14)15/h3-6,8,10-12,16H,7,9H2,1-2H3/t11?,12-/m1/s1. The molecule has 1 N–H and O–H groups in total. The average molecular weight is 245 g/mol. The Morgan fingerprint density at radius 1 is 1.39 bits per heavy atom. The van der Waals surface area contributed by atoms with Gasteiger partial charge in [0.2, 0.25) is 0 Å². The Kier molecular flexibility index (Phi) is 4.15. The van der Waals surface area contributed by atoms with Gasteiger partial charge in [-0.2, -0.15) is 0 Å². The van der Waals surface area contributed by atoms with Crippen molar-refractivity contribution in [3.8, 4) is 0 Å². The molecule has 0 aliphatic heterocycles. The quantitative estimate of drug-likeness (QED) is 0.794. The van der Waals surface area contributed by atoms with E-state index in [1.54, 1.807) is 7.11 Å². The van der Waals surface area contributed by atoms with Gasteiger partial charge >= 0.3 is 0 Å². The van der Waals surface area contributed by atoms with Crippen LogP contribution < -0.4 is 0 Å². The lowest BCUT2D eigenvalue weighted by Gasteiger charge is -2.18. The summed E-state index contributed by atoms with van der Waals surface area (Å²) in [6.45, 7) is 2.03. The maximum Gasteiger partial charge on any atom is 0.120 e. The summed E-state index contributed by atoms with van der Waals surface area (Å²) >= 11 is 0. The predicted octanol–water partition coefficient (Wildman–Crippen LogP) is 3.27. The SMILES string of the molecule is COC(C)C[C@@H](CC=O)c1c[nH]c2ccccc12. The molecule has 0 spiro atoms. The predicted molar refractivity (Wildman–Crippen MR) is 72.8 cm³/mol. The normalized spacial score (nSPS) is 14.6. The highest BCUT2D eigenvalue weighted by Crippen LogP contribution is 2.31. The molecule has 3 heteroatoms. The summed E-state index contributed by atoms with van der Waals surface area (Å²) in [4.78, 5) is 14.1. The Morgan fingerprint density at radius 3 is 2.89 bits per heavy atom. The number of methoxy groups -OCH3 is 1. The molecule has 1 aromatic carbocycles. The Bertz CT molecular complexity index is 518. The zero-order valence-corrected chi connectivity index (χ0v) is 10.8. The van der Waals surface area contributed by atoms with Crippen LogP contribution in [0.4, 0.5) is 0 Å². The zero-order chi connectivity index (χ0) is 13.0. The summed E-state index contributed by atoms with van der Waals surface area (Å²) in [6.07, 6.45) is 4.56. The van der Waals surface area contributed by atoms with Gasteiger partial charge in [0.15, 0.2) is 0 Å². The Labute approximate surface area is 107 Å². The van der Waals surface area contributed by atoms with Crippen molar-refractivity contribution in [2.24, 2.45) is 0 Å². The highest BCUT2D eigenvalue weighted by Gasteiger charge is 2.18. The van der Waals surface area contributed by atoms with Crippen molar-refractivity contribution in [2.45, 2.75) is 31.8 Å². The number of H-pyrrole nitrogens is 1. The van der Waals surface area contributed by atoms with E-state index < -0.39 is 0 Å². The zero-order valence-electron chi connectivity index (χ0n) is 10.8. The van der Waals surface area contributed by atoms with Gasteiger partial charge in [-0.3, -0.25) is 0 Å². The van der Waals surface area contributed by atoms with Crippen LogP contribution in [0.1, 0.15) is 31.2 Å². The van der Waals surface area contributed by atoms with E-state index in [1.807, 2.05) is 25.3 Å². The topological polar surface area (TPSA) is 42.1 Å². The molecule has 0 amide bonds. The Balaban J connectivity index is 2.32. The van der Waals surface area contributed by atoms with Gasteiger partial charge in [-0.25, -0.2) is 0 Å². The maximum atomic E-state index is 10.9. The molecule has 96 valence electrons. The fourth-order valence-corrected chi connectivity index (χ4v) is 2.39. The van der Waals surface area contributed by atoms with Crippen molar-refractivity contribution >= 4 is 17.2 Å². The number of aromatic nitrogens is 1. The molecule has 2 rings (SSSR count). The number of rotatable bonds is 6. The first kappa shape index (κ1) is 12.8. The highest BCUT2D eigenvalue weighted by molar-refractivity contribution is 5.83. The fraction of sp³-hybridized carbons (Fsp3) is 0.400. The number of benzene rings is 1. The molecule has 18 heavy (non-hydrogen) atoms. The summed E-state index contributed by atoms with van der Waals surface area (Å²) < 4.78 is 5.31. The van der Waals surface area contributed by atoms with Crippen LogP contribution >= 0.6 is 0 Å². The fourth-order valence-electron chi connectivity index (χ4n) is 2.39. The number of fused-ring (bicyclic) bond motifs is 1. The second kappa shape index (κ2) is 5.83. The third-order valence-electron chi connectivity index (χ3n) is 3.46. The van der Waals surface area contributed by atoms with Crippen LogP contribution in [-0.2, 0) is 9.53 Å². The average Bonchev–Trinajstić information content (AvgIpc) is 2.82. The lowest BCUT2D eigenvalue weighted by Crippen LogP contribution is -2.11. The highest BCUT2D eigenvalue weighted by atomic mass is 16.5. The van der Waals surface area contributed by atoms with Crippen LogP contribution in [-0.4, -0.2) is 24.5 Å². The number of nitrogens with one attached hydrogen (secondary N) is 1. The molecule has 0 saturated heterocycles. The van der Waals surface area contributed by atoms with E-state index >= 15 is 0 Å². The van der Waals surface area contributed by atoms with Crippen molar-refractivity contribution in [3.05, 3.63) is 36.0 Å². The summed E-state index contributed by atoms with van der Waals surface area (Å²) in [5.41, 5.74) is 2.33. The lowest BCUT2D eigenvalue weighted by molar-refractivity contribution is -0.108. The third-order valence-corrected chi connectivity index (χ3v) is 3.46. The number of para-hydroxylation sites is 1. The molecule has 2 atom stereocenters. The first-order chi connectivity index (χ1) is 8.76. The molecular formula is C15H19NO2. The first-order valence-corrected chi connectivity index (χ1v) is 6.28. The third kappa shape index (κ3) is 2.62. The number of hydrogen-bond acceptors (Lipinski definition) is 2. The molecule has 1 heterocycles. The minimum Gasteiger partial charge on any atom is -0.382 e. The number of aldehydes is 1. The van der Waals surface area contributed by atoms with Crippen LogP contribution in [0.3, 0.4) is 0 Å². The minimum absolute atomic E-state index is 0.156. The van der Waals surface area contributed by atoms with Crippen LogP contribution in [0.25, 0.3) is 10.9 Å². The van der Waals surface area contributed by atoms with E-state index in [-0.39, 0.29) is 12.0 Å². The number of hydrogen-bond donors (Lipinski definition) is 1. The van der Waals surface area contributed by atoms with Crippen molar-refractivity contribution in [1.82, 2.24) is 4.98 Å². The second-order valence-electron chi connectivity index (χ2n) is 4.67. The Hall–Kier alpha value is -1.61. The van der Waals surface area contributed by atoms with E-state index in [9.17, 15) is 4.79 Å². The molecule has 1 aromatic heterocycles. The van der Waals surface area contributed by atoms with Gasteiger partial charge in [-0.1, -0.05) is 18.2 Å². The summed E-state index contributed by atoms with van der Waals surface area (Å²) in [5, 5.41) is 1.20. The van der Waals surface area contributed by atoms with E-state index in [0.29, 0.717) is 6.42 Å². The van der Waals surface area contributed by atoms with Crippen LogP contribution in [0, 0.1) is 0 Å². The van der Waals surface area contributed by atoms with Crippen molar-refractivity contribution in [3.63, 3.8) is 0 Å². The molecule has 3 nitrogen and oxygen atoms in total.